The molecule has 3 aromatic carbocycles. The highest BCUT2D eigenvalue weighted by molar-refractivity contribution is 7.92. The van der Waals surface area contributed by atoms with E-state index in [1.807, 2.05) is 65.0 Å². The maximum absolute atomic E-state index is 13.0. The normalized spacial score (nSPS) is 11.8. The highest BCUT2D eigenvalue weighted by atomic mass is 32.2. The summed E-state index contributed by atoms with van der Waals surface area (Å²) in [6, 6.07) is 23.4. The Kier molecular flexibility index (Phi) is 4.22. The average molecular weight is 416 g/mol. The third-order valence-electron chi connectivity index (χ3n) is 4.87. The summed E-state index contributed by atoms with van der Waals surface area (Å²) < 4.78 is 32.4. The summed E-state index contributed by atoms with van der Waals surface area (Å²) in [4.78, 5) is 9.50. The number of anilines is 1. The molecule has 0 saturated heterocycles. The van der Waals surface area contributed by atoms with Crippen molar-refractivity contribution >= 4 is 37.9 Å². The van der Waals surface area contributed by atoms with Gasteiger partial charge in [0.05, 0.1) is 23.0 Å². The van der Waals surface area contributed by atoms with E-state index in [2.05, 4.69) is 9.71 Å². The summed E-state index contributed by atoms with van der Waals surface area (Å²) in [5.74, 6) is 0.573. The molecule has 0 amide bonds. The minimum absolute atomic E-state index is 0.161. The van der Waals surface area contributed by atoms with Crippen LogP contribution >= 0.6 is 0 Å². The summed E-state index contributed by atoms with van der Waals surface area (Å²) in [5.41, 5.74) is 3.16. The molecule has 0 aliphatic heterocycles. The van der Waals surface area contributed by atoms with Crippen molar-refractivity contribution in [2.45, 2.75) is 4.90 Å². The number of nitrogens with zero attached hydrogens (tertiary/aromatic N) is 4. The summed E-state index contributed by atoms with van der Waals surface area (Å²) in [7, 11) is -1.90. The van der Waals surface area contributed by atoms with Crippen molar-refractivity contribution in [1.82, 2.24) is 14.5 Å². The summed E-state index contributed by atoms with van der Waals surface area (Å²) in [6.45, 7) is 0. The topological polar surface area (TPSA) is 80.8 Å². The molecule has 2 heterocycles. The summed E-state index contributed by atoms with van der Waals surface area (Å²) in [5, 5.41) is 0. The van der Waals surface area contributed by atoms with Gasteiger partial charge in [0.2, 0.25) is 5.82 Å². The molecule has 0 aliphatic rings. The number of rotatable bonds is 4. The number of imidazole rings is 1. The van der Waals surface area contributed by atoms with E-state index in [0.717, 1.165) is 11.0 Å². The zero-order valence-electron chi connectivity index (χ0n) is 16.1. The van der Waals surface area contributed by atoms with Crippen LogP contribution in [0.5, 0.6) is 0 Å². The van der Waals surface area contributed by atoms with E-state index in [1.165, 1.54) is 0 Å². The Morgan fingerprint density at radius 2 is 1.47 bits per heavy atom. The van der Waals surface area contributed by atoms with Crippen LogP contribution in [-0.2, 0) is 17.1 Å². The zero-order valence-corrected chi connectivity index (χ0v) is 16.9. The van der Waals surface area contributed by atoms with Crippen molar-refractivity contribution < 1.29 is 13.0 Å². The highest BCUT2D eigenvalue weighted by Gasteiger charge is 2.24. The van der Waals surface area contributed by atoms with Gasteiger partial charge in [-0.15, -0.1) is 0 Å². The van der Waals surface area contributed by atoms with Crippen LogP contribution in [0, 0.1) is 0 Å². The van der Waals surface area contributed by atoms with Crippen LogP contribution in [0.25, 0.3) is 27.9 Å². The molecule has 1 N–H and O–H groups in total. The fourth-order valence-electron chi connectivity index (χ4n) is 3.45. The van der Waals surface area contributed by atoms with E-state index in [1.54, 1.807) is 36.4 Å². The molecule has 5 aromatic rings. The second-order valence-electron chi connectivity index (χ2n) is 6.89. The second-order valence-corrected chi connectivity index (χ2v) is 8.57. The molecule has 0 saturated carbocycles. The van der Waals surface area contributed by atoms with Crippen molar-refractivity contribution in [3.05, 3.63) is 85.2 Å². The zero-order chi connectivity index (χ0) is 20.7. The van der Waals surface area contributed by atoms with Crippen LogP contribution < -0.4 is 9.29 Å². The first-order chi connectivity index (χ1) is 14.5. The Balaban J connectivity index is 1.75. The predicted octanol–water partition coefficient (Wildman–Crippen LogP) is 3.20. The SMILES string of the molecule is C[n+]1cn(-c2nc3ccccc3nc2NS(=O)(=O)c2ccccc2)c2ccccc21. The first-order valence-electron chi connectivity index (χ1n) is 9.34. The maximum atomic E-state index is 13.0. The third-order valence-corrected chi connectivity index (χ3v) is 6.23. The van der Waals surface area contributed by atoms with E-state index in [9.17, 15) is 8.42 Å². The number of hydrogen-bond donors (Lipinski definition) is 1. The molecule has 0 aliphatic carbocycles. The van der Waals surface area contributed by atoms with Crippen molar-refractivity contribution in [3.8, 4) is 5.82 Å². The molecule has 0 spiro atoms. The maximum Gasteiger partial charge on any atom is 0.270 e. The fraction of sp³-hybridized carbons (Fsp3) is 0.0455. The Morgan fingerprint density at radius 3 is 2.23 bits per heavy atom. The minimum atomic E-state index is -3.83. The molecular formula is C22H18N5O2S+. The molecule has 0 bridgehead atoms. The quantitative estimate of drug-likeness (QED) is 0.456. The molecular weight excluding hydrogens is 398 g/mol. The van der Waals surface area contributed by atoms with Crippen LogP contribution in [0.15, 0.2) is 90.1 Å². The van der Waals surface area contributed by atoms with Crippen LogP contribution in [-0.4, -0.2) is 23.0 Å². The van der Waals surface area contributed by atoms with Gasteiger partial charge in [0.25, 0.3) is 22.2 Å². The van der Waals surface area contributed by atoms with Crippen LogP contribution in [0.2, 0.25) is 0 Å². The number of fused-ring (bicyclic) bond motifs is 2. The lowest BCUT2D eigenvalue weighted by Crippen LogP contribution is -2.25. The number of nitrogens with one attached hydrogen (secondary N) is 1. The monoisotopic (exact) mass is 416 g/mol. The Labute approximate surface area is 173 Å². The number of aromatic nitrogens is 4. The smallest absolute Gasteiger partial charge is 0.258 e. The van der Waals surface area contributed by atoms with Gasteiger partial charge in [0, 0.05) is 0 Å². The molecule has 2 aromatic heterocycles. The van der Waals surface area contributed by atoms with Gasteiger partial charge < -0.3 is 0 Å². The lowest BCUT2D eigenvalue weighted by molar-refractivity contribution is -0.645. The van der Waals surface area contributed by atoms with E-state index >= 15 is 0 Å². The number of sulfonamides is 1. The van der Waals surface area contributed by atoms with Crippen LogP contribution in [0.3, 0.4) is 0 Å². The third kappa shape index (κ3) is 3.07. The van der Waals surface area contributed by atoms with Gasteiger partial charge in [-0.1, -0.05) is 42.5 Å². The van der Waals surface area contributed by atoms with Crippen LogP contribution in [0.4, 0.5) is 5.82 Å². The lowest BCUT2D eigenvalue weighted by Gasteiger charge is -2.10. The Morgan fingerprint density at radius 1 is 0.833 bits per heavy atom. The van der Waals surface area contributed by atoms with E-state index in [4.69, 9.17) is 4.98 Å². The van der Waals surface area contributed by atoms with Gasteiger partial charge in [-0.2, -0.15) is 4.57 Å². The van der Waals surface area contributed by atoms with Crippen molar-refractivity contribution in [2.24, 2.45) is 7.05 Å². The first kappa shape index (κ1) is 18.3. The van der Waals surface area contributed by atoms with Gasteiger partial charge in [0.15, 0.2) is 11.0 Å². The van der Waals surface area contributed by atoms with Gasteiger partial charge in [-0.05, 0) is 36.4 Å². The number of benzene rings is 3. The van der Waals surface area contributed by atoms with Crippen molar-refractivity contribution in [2.75, 3.05) is 4.72 Å². The van der Waals surface area contributed by atoms with Gasteiger partial charge in [0.1, 0.15) is 0 Å². The second kappa shape index (κ2) is 6.93. The van der Waals surface area contributed by atoms with E-state index < -0.39 is 10.0 Å². The average Bonchev–Trinajstić information content (AvgIpc) is 3.10. The largest absolute Gasteiger partial charge is 0.270 e. The number of para-hydroxylation sites is 4. The minimum Gasteiger partial charge on any atom is -0.258 e. The van der Waals surface area contributed by atoms with Gasteiger partial charge >= 0.3 is 0 Å². The van der Waals surface area contributed by atoms with Crippen molar-refractivity contribution in [1.29, 1.82) is 0 Å². The molecule has 0 radical (unpaired) electrons. The molecule has 7 nitrogen and oxygen atoms in total. The number of hydrogen-bond acceptors (Lipinski definition) is 4. The molecule has 148 valence electrons. The van der Waals surface area contributed by atoms with Gasteiger partial charge in [-0.25, -0.2) is 23.0 Å². The standard InChI is InChI=1S/C22H18N5O2S/c1-26-15-27(20-14-8-7-13-19(20)26)22-21(23-17-11-5-6-12-18(17)24-22)25-30(28,29)16-9-3-2-4-10-16/h2-15H,1H3,(H,23,25)/q+1. The first-order valence-corrected chi connectivity index (χ1v) is 10.8. The summed E-state index contributed by atoms with van der Waals surface area (Å²) >= 11 is 0. The fourth-order valence-corrected chi connectivity index (χ4v) is 4.47. The van der Waals surface area contributed by atoms with Crippen LogP contribution in [0.1, 0.15) is 0 Å². The molecule has 0 unspecified atom stereocenters. The molecule has 0 atom stereocenters. The van der Waals surface area contributed by atoms with Gasteiger partial charge in [-0.3, -0.25) is 4.72 Å². The lowest BCUT2D eigenvalue weighted by atomic mass is 10.3. The summed E-state index contributed by atoms with van der Waals surface area (Å²) in [6.07, 6.45) is 1.86. The predicted molar refractivity (Wildman–Crippen MR) is 115 cm³/mol. The molecule has 5 rings (SSSR count). The Hall–Kier alpha value is -3.78. The number of aryl methyl sites for hydroxylation is 1. The molecule has 0 fully saturated rings. The van der Waals surface area contributed by atoms with E-state index in [-0.39, 0.29) is 10.7 Å². The molecule has 8 heteroatoms. The Bertz CT molecular complexity index is 1490. The highest BCUT2D eigenvalue weighted by Crippen LogP contribution is 2.25. The van der Waals surface area contributed by atoms with Crippen molar-refractivity contribution in [3.63, 3.8) is 0 Å². The van der Waals surface area contributed by atoms with E-state index in [0.29, 0.717) is 16.9 Å². The molecule has 30 heavy (non-hydrogen) atoms.